The predicted octanol–water partition coefficient (Wildman–Crippen LogP) is 3.75. The molecule has 1 amide bonds. The van der Waals surface area contributed by atoms with E-state index in [0.29, 0.717) is 18.7 Å². The third-order valence-electron chi connectivity index (χ3n) is 5.16. The molecule has 1 fully saturated rings. The zero-order valence-electron chi connectivity index (χ0n) is 15.6. The molecule has 0 atom stereocenters. The minimum Gasteiger partial charge on any atom is -0.336 e. The van der Waals surface area contributed by atoms with Crippen molar-refractivity contribution in [3.63, 3.8) is 0 Å². The molecular weight excluding hydrogens is 392 g/mol. The second kappa shape index (κ2) is 8.14. The number of aromatic nitrogens is 1. The fourth-order valence-electron chi connectivity index (χ4n) is 3.61. The Bertz CT molecular complexity index is 1080. The third-order valence-corrected chi connectivity index (χ3v) is 5.48. The molecule has 1 saturated heterocycles. The highest BCUT2D eigenvalue weighted by molar-refractivity contribution is 6.34. The maximum absolute atomic E-state index is 12.8. The minimum absolute atomic E-state index is 0.105. The summed E-state index contributed by atoms with van der Waals surface area (Å²) in [5.41, 5.74) is 2.34. The van der Waals surface area contributed by atoms with E-state index < -0.39 is 4.92 Å². The van der Waals surface area contributed by atoms with Crippen LogP contribution in [0.2, 0.25) is 5.02 Å². The van der Waals surface area contributed by atoms with Crippen LogP contribution in [0.1, 0.15) is 15.9 Å². The average Bonchev–Trinajstić information content (AvgIpc) is 2.74. The van der Waals surface area contributed by atoms with Gasteiger partial charge in [0.15, 0.2) is 0 Å². The molecule has 0 radical (unpaired) electrons. The normalized spacial score (nSPS) is 14.9. The molecule has 0 spiro atoms. The number of pyridine rings is 1. The lowest BCUT2D eigenvalue weighted by molar-refractivity contribution is -0.384. The highest BCUT2D eigenvalue weighted by Gasteiger charge is 2.25. The number of carbonyl (C=O) groups is 1. The van der Waals surface area contributed by atoms with Crippen LogP contribution in [-0.2, 0) is 6.54 Å². The topological polar surface area (TPSA) is 79.6 Å². The molecule has 2 aromatic carbocycles. The Kier molecular flexibility index (Phi) is 5.42. The number of non-ortho nitro benzene ring substituents is 1. The van der Waals surface area contributed by atoms with Crippen molar-refractivity contribution in [2.24, 2.45) is 0 Å². The summed E-state index contributed by atoms with van der Waals surface area (Å²) in [6, 6.07) is 14.1. The molecule has 0 unspecified atom stereocenters. The van der Waals surface area contributed by atoms with Gasteiger partial charge in [-0.15, -0.1) is 0 Å². The Morgan fingerprint density at radius 1 is 1.10 bits per heavy atom. The van der Waals surface area contributed by atoms with Crippen molar-refractivity contribution in [3.05, 3.63) is 81.0 Å². The largest absolute Gasteiger partial charge is 0.336 e. The summed E-state index contributed by atoms with van der Waals surface area (Å²) in [5.74, 6) is -0.198. The van der Waals surface area contributed by atoms with Crippen molar-refractivity contribution < 1.29 is 9.72 Å². The maximum atomic E-state index is 12.8. The highest BCUT2D eigenvalue weighted by atomic mass is 35.5. The molecule has 29 heavy (non-hydrogen) atoms. The summed E-state index contributed by atoms with van der Waals surface area (Å²) in [5, 5.41) is 12.1. The van der Waals surface area contributed by atoms with E-state index in [1.807, 2.05) is 12.1 Å². The Morgan fingerprint density at radius 3 is 2.59 bits per heavy atom. The van der Waals surface area contributed by atoms with Gasteiger partial charge in [-0.1, -0.05) is 35.9 Å². The number of halogens is 1. The van der Waals surface area contributed by atoms with Gasteiger partial charge >= 0.3 is 0 Å². The number of para-hydroxylation sites is 1. The monoisotopic (exact) mass is 410 g/mol. The van der Waals surface area contributed by atoms with Crippen LogP contribution < -0.4 is 0 Å². The Balaban J connectivity index is 1.41. The zero-order chi connectivity index (χ0) is 20.4. The molecule has 8 heteroatoms. The number of benzene rings is 2. The fraction of sp³-hybridized carbons (Fsp3) is 0.238. The molecule has 4 rings (SSSR count). The van der Waals surface area contributed by atoms with Gasteiger partial charge in [-0.25, -0.2) is 0 Å². The van der Waals surface area contributed by atoms with Gasteiger partial charge in [0.25, 0.3) is 11.6 Å². The number of rotatable bonds is 4. The molecule has 1 aliphatic rings. The minimum atomic E-state index is -0.527. The summed E-state index contributed by atoms with van der Waals surface area (Å²) >= 11 is 6.11. The number of nitro benzene ring substituents is 1. The van der Waals surface area contributed by atoms with Crippen LogP contribution in [0, 0.1) is 10.1 Å². The van der Waals surface area contributed by atoms with Crippen molar-refractivity contribution in [1.29, 1.82) is 0 Å². The molecule has 148 valence electrons. The molecule has 0 N–H and O–H groups in total. The number of carbonyl (C=O) groups excluding carboxylic acids is 1. The number of nitrogens with zero attached hydrogens (tertiary/aromatic N) is 4. The highest BCUT2D eigenvalue weighted by Crippen LogP contribution is 2.24. The van der Waals surface area contributed by atoms with Gasteiger partial charge in [-0.3, -0.25) is 24.8 Å². The van der Waals surface area contributed by atoms with Crippen molar-refractivity contribution in [1.82, 2.24) is 14.8 Å². The van der Waals surface area contributed by atoms with E-state index in [0.717, 1.165) is 30.5 Å². The van der Waals surface area contributed by atoms with E-state index in [9.17, 15) is 14.9 Å². The van der Waals surface area contributed by atoms with Crippen molar-refractivity contribution >= 4 is 34.1 Å². The average molecular weight is 411 g/mol. The van der Waals surface area contributed by atoms with Gasteiger partial charge in [0.05, 0.1) is 21.0 Å². The first-order valence-electron chi connectivity index (χ1n) is 9.31. The van der Waals surface area contributed by atoms with E-state index in [-0.39, 0.29) is 16.6 Å². The molecule has 2 heterocycles. The van der Waals surface area contributed by atoms with E-state index in [2.05, 4.69) is 28.1 Å². The second-order valence-corrected chi connectivity index (χ2v) is 7.39. The van der Waals surface area contributed by atoms with Gasteiger partial charge in [0.1, 0.15) is 0 Å². The lowest BCUT2D eigenvalue weighted by atomic mass is 10.1. The first kappa shape index (κ1) is 19.3. The van der Waals surface area contributed by atoms with E-state index >= 15 is 0 Å². The number of fused-ring (bicyclic) bond motifs is 1. The van der Waals surface area contributed by atoms with Crippen LogP contribution in [0.3, 0.4) is 0 Å². The SMILES string of the molecule is O=C(c1ccc([N+](=O)[O-])cc1Cl)N1CCN(Cc2cccc3cccnc23)CC1. The van der Waals surface area contributed by atoms with Crippen LogP contribution in [-0.4, -0.2) is 51.8 Å². The van der Waals surface area contributed by atoms with E-state index in [4.69, 9.17) is 11.6 Å². The summed E-state index contributed by atoms with van der Waals surface area (Å²) in [7, 11) is 0. The lowest BCUT2D eigenvalue weighted by Crippen LogP contribution is -2.48. The molecule has 3 aromatic rings. The number of piperazine rings is 1. The summed E-state index contributed by atoms with van der Waals surface area (Å²) in [6.45, 7) is 3.39. The van der Waals surface area contributed by atoms with Gasteiger partial charge in [-0.05, 0) is 17.7 Å². The van der Waals surface area contributed by atoms with Crippen LogP contribution >= 0.6 is 11.6 Å². The molecule has 0 aliphatic carbocycles. The Hall–Kier alpha value is -3.03. The van der Waals surface area contributed by atoms with Gasteiger partial charge < -0.3 is 4.90 Å². The van der Waals surface area contributed by atoms with Gasteiger partial charge in [-0.2, -0.15) is 0 Å². The predicted molar refractivity (Wildman–Crippen MR) is 111 cm³/mol. The third kappa shape index (κ3) is 4.06. The van der Waals surface area contributed by atoms with Crippen LogP contribution in [0.5, 0.6) is 0 Å². The Morgan fingerprint density at radius 2 is 1.86 bits per heavy atom. The number of hydrogen-bond donors (Lipinski definition) is 0. The van der Waals surface area contributed by atoms with Crippen molar-refractivity contribution in [2.75, 3.05) is 26.2 Å². The quantitative estimate of drug-likeness (QED) is 0.483. The first-order valence-corrected chi connectivity index (χ1v) is 9.69. The summed E-state index contributed by atoms with van der Waals surface area (Å²) < 4.78 is 0. The molecule has 7 nitrogen and oxygen atoms in total. The maximum Gasteiger partial charge on any atom is 0.270 e. The number of hydrogen-bond acceptors (Lipinski definition) is 5. The van der Waals surface area contributed by atoms with Gasteiger partial charge in [0, 0.05) is 56.4 Å². The zero-order valence-corrected chi connectivity index (χ0v) is 16.4. The van der Waals surface area contributed by atoms with Crippen molar-refractivity contribution in [2.45, 2.75) is 6.54 Å². The Labute approximate surface area is 172 Å². The second-order valence-electron chi connectivity index (χ2n) is 6.98. The van der Waals surface area contributed by atoms with E-state index in [1.165, 1.54) is 23.8 Å². The standard InChI is InChI=1S/C21H19ClN4O3/c22-19-13-17(26(28)29)6-7-18(19)21(27)25-11-9-24(10-12-25)14-16-4-1-3-15-5-2-8-23-20(15)16/h1-8,13H,9-12,14H2. The van der Waals surface area contributed by atoms with Gasteiger partial charge in [0.2, 0.25) is 0 Å². The molecule has 0 saturated carbocycles. The van der Waals surface area contributed by atoms with E-state index in [1.54, 1.807) is 11.1 Å². The number of nitro groups is 1. The molecule has 0 bridgehead atoms. The number of amides is 1. The lowest BCUT2D eigenvalue weighted by Gasteiger charge is -2.35. The summed E-state index contributed by atoms with van der Waals surface area (Å²) in [4.78, 5) is 31.6. The van der Waals surface area contributed by atoms with Crippen LogP contribution in [0.25, 0.3) is 10.9 Å². The van der Waals surface area contributed by atoms with Crippen molar-refractivity contribution in [3.8, 4) is 0 Å². The molecule has 1 aromatic heterocycles. The first-order chi connectivity index (χ1) is 14.0. The fourth-order valence-corrected chi connectivity index (χ4v) is 3.86. The van der Waals surface area contributed by atoms with Crippen LogP contribution in [0.15, 0.2) is 54.7 Å². The van der Waals surface area contributed by atoms with Crippen LogP contribution in [0.4, 0.5) is 5.69 Å². The molecule has 1 aliphatic heterocycles. The summed E-state index contributed by atoms with van der Waals surface area (Å²) in [6.07, 6.45) is 1.80. The molecular formula is C21H19ClN4O3. The smallest absolute Gasteiger partial charge is 0.270 e.